The third-order valence-electron chi connectivity index (χ3n) is 6.58. The van der Waals surface area contributed by atoms with Crippen LogP contribution in [0, 0.1) is 0 Å². The van der Waals surface area contributed by atoms with Crippen LogP contribution in [0.5, 0.6) is 5.75 Å². The molecule has 0 bridgehead atoms. The second-order valence-corrected chi connectivity index (χ2v) is 9.17. The van der Waals surface area contributed by atoms with Gasteiger partial charge in [0.1, 0.15) is 5.75 Å². The lowest BCUT2D eigenvalue weighted by atomic mass is 9.89. The van der Waals surface area contributed by atoms with Crippen molar-refractivity contribution in [2.75, 3.05) is 46.6 Å². The highest BCUT2D eigenvalue weighted by molar-refractivity contribution is 6.31. The van der Waals surface area contributed by atoms with Gasteiger partial charge in [-0.25, -0.2) is 0 Å². The molecule has 0 spiro atoms. The Kier molecular flexibility index (Phi) is 8.47. The molecule has 2 fully saturated rings. The summed E-state index contributed by atoms with van der Waals surface area (Å²) in [5.74, 6) is -0.344. The Bertz CT molecular complexity index is 935. The van der Waals surface area contributed by atoms with Gasteiger partial charge < -0.3 is 29.2 Å². The zero-order valence-corrected chi connectivity index (χ0v) is 20.5. The van der Waals surface area contributed by atoms with Gasteiger partial charge in [0.05, 0.1) is 44.7 Å². The lowest BCUT2D eigenvalue weighted by molar-refractivity contribution is -0.298. The Morgan fingerprint density at radius 1 is 1.18 bits per heavy atom. The standard InChI is InChI=1S/C26H34ClNO6/c1-3-33-21-7-4-18(5-8-21)25(28-10-12-32-13-11-28)23-14-19(6-9-24(23)27)26(31-2)16-20(30)15-22(17-29)34-26/h4-9,14,20,22,25,29-30H,3,10-13,15-17H2,1-2H3/t20?,22?,25?,26-/m1/s1. The third-order valence-corrected chi connectivity index (χ3v) is 6.92. The number of aliphatic hydroxyl groups excluding tert-OH is 2. The van der Waals surface area contributed by atoms with Crippen molar-refractivity contribution < 1.29 is 29.2 Å². The van der Waals surface area contributed by atoms with Crippen LogP contribution in [-0.4, -0.2) is 73.9 Å². The molecule has 0 aliphatic carbocycles. The molecule has 0 aromatic heterocycles. The van der Waals surface area contributed by atoms with Gasteiger partial charge in [0.25, 0.3) is 0 Å². The first-order valence-corrected chi connectivity index (χ1v) is 12.2. The van der Waals surface area contributed by atoms with Gasteiger partial charge in [-0.2, -0.15) is 0 Å². The molecule has 2 aromatic rings. The van der Waals surface area contributed by atoms with Gasteiger partial charge in [-0.1, -0.05) is 29.8 Å². The molecule has 0 radical (unpaired) electrons. The molecule has 2 aliphatic rings. The first kappa shape index (κ1) is 25.4. The number of nitrogens with zero attached hydrogens (tertiary/aromatic N) is 1. The predicted octanol–water partition coefficient (Wildman–Crippen LogP) is 3.49. The summed E-state index contributed by atoms with van der Waals surface area (Å²) < 4.78 is 23.3. The molecular weight excluding hydrogens is 458 g/mol. The zero-order valence-electron chi connectivity index (χ0n) is 19.8. The Morgan fingerprint density at radius 3 is 2.56 bits per heavy atom. The zero-order chi connectivity index (χ0) is 24.1. The van der Waals surface area contributed by atoms with E-state index in [0.717, 1.165) is 35.5 Å². The first-order chi connectivity index (χ1) is 16.5. The molecule has 4 atom stereocenters. The third kappa shape index (κ3) is 5.41. The van der Waals surface area contributed by atoms with Crippen LogP contribution in [-0.2, 0) is 20.0 Å². The van der Waals surface area contributed by atoms with Gasteiger partial charge in [0, 0.05) is 43.6 Å². The maximum atomic E-state index is 10.5. The predicted molar refractivity (Wildman–Crippen MR) is 129 cm³/mol. The van der Waals surface area contributed by atoms with Crippen LogP contribution in [0.3, 0.4) is 0 Å². The first-order valence-electron chi connectivity index (χ1n) is 11.9. The van der Waals surface area contributed by atoms with Crippen LogP contribution in [0.4, 0.5) is 0 Å². The molecule has 3 unspecified atom stereocenters. The summed E-state index contributed by atoms with van der Waals surface area (Å²) >= 11 is 6.80. The summed E-state index contributed by atoms with van der Waals surface area (Å²) in [6, 6.07) is 13.7. The number of hydrogen-bond donors (Lipinski definition) is 2. The average Bonchev–Trinajstić information content (AvgIpc) is 2.86. The van der Waals surface area contributed by atoms with Crippen LogP contribution in [0.25, 0.3) is 0 Å². The minimum atomic E-state index is -1.17. The van der Waals surface area contributed by atoms with E-state index in [1.54, 1.807) is 7.11 Å². The highest BCUT2D eigenvalue weighted by atomic mass is 35.5. The highest BCUT2D eigenvalue weighted by Crippen LogP contribution is 2.42. The van der Waals surface area contributed by atoms with Gasteiger partial charge in [-0.3, -0.25) is 4.90 Å². The summed E-state index contributed by atoms with van der Waals surface area (Å²) in [6.07, 6.45) is -0.521. The maximum Gasteiger partial charge on any atom is 0.197 e. The normalized spacial score (nSPS) is 26.9. The van der Waals surface area contributed by atoms with Crippen molar-refractivity contribution in [2.45, 2.75) is 43.8 Å². The Balaban J connectivity index is 1.76. The van der Waals surface area contributed by atoms with Crippen molar-refractivity contribution in [3.05, 3.63) is 64.2 Å². The van der Waals surface area contributed by atoms with E-state index < -0.39 is 18.0 Å². The fourth-order valence-corrected chi connectivity index (χ4v) is 5.16. The second-order valence-electron chi connectivity index (χ2n) is 8.76. The van der Waals surface area contributed by atoms with E-state index in [2.05, 4.69) is 17.0 Å². The molecule has 0 amide bonds. The Labute approximate surface area is 206 Å². The Morgan fingerprint density at radius 2 is 1.91 bits per heavy atom. The summed E-state index contributed by atoms with van der Waals surface area (Å²) in [5.41, 5.74) is 2.77. The minimum absolute atomic E-state index is 0.108. The number of rotatable bonds is 8. The van der Waals surface area contributed by atoms with E-state index >= 15 is 0 Å². The van der Waals surface area contributed by atoms with Crippen molar-refractivity contribution in [1.82, 2.24) is 4.90 Å². The molecule has 186 valence electrons. The van der Waals surface area contributed by atoms with Gasteiger partial charge >= 0.3 is 0 Å². The molecule has 8 heteroatoms. The number of morpholine rings is 1. The van der Waals surface area contributed by atoms with E-state index in [1.165, 1.54) is 0 Å². The number of benzene rings is 2. The van der Waals surface area contributed by atoms with Crippen LogP contribution < -0.4 is 4.74 Å². The number of ether oxygens (including phenoxy) is 4. The topological polar surface area (TPSA) is 80.6 Å². The van der Waals surface area contributed by atoms with E-state index in [-0.39, 0.29) is 19.1 Å². The lowest BCUT2D eigenvalue weighted by Gasteiger charge is -2.42. The van der Waals surface area contributed by atoms with Gasteiger partial charge in [-0.15, -0.1) is 0 Å². The van der Waals surface area contributed by atoms with Crippen LogP contribution >= 0.6 is 11.6 Å². The number of halogens is 1. The number of aliphatic hydroxyl groups is 2. The maximum absolute atomic E-state index is 10.5. The van der Waals surface area contributed by atoms with Crippen LogP contribution in [0.2, 0.25) is 5.02 Å². The monoisotopic (exact) mass is 491 g/mol. The van der Waals surface area contributed by atoms with E-state index in [9.17, 15) is 10.2 Å². The minimum Gasteiger partial charge on any atom is -0.494 e. The fraction of sp³-hybridized carbons (Fsp3) is 0.538. The largest absolute Gasteiger partial charge is 0.494 e. The highest BCUT2D eigenvalue weighted by Gasteiger charge is 2.43. The SMILES string of the molecule is CCOc1ccc(C(c2cc([C@@]3(OC)CC(O)CC(CO)O3)ccc2Cl)N2CCOCC2)cc1. The Hall–Kier alpha value is -1.71. The van der Waals surface area contributed by atoms with Gasteiger partial charge in [0.2, 0.25) is 0 Å². The molecular formula is C26H34ClNO6. The van der Waals surface area contributed by atoms with Crippen LogP contribution in [0.1, 0.15) is 42.5 Å². The van der Waals surface area contributed by atoms with Gasteiger partial charge in [-0.05, 0) is 42.3 Å². The fourth-order valence-electron chi connectivity index (χ4n) is 4.94. The molecule has 4 rings (SSSR count). The van der Waals surface area contributed by atoms with Crippen LogP contribution in [0.15, 0.2) is 42.5 Å². The van der Waals surface area contributed by atoms with E-state index in [1.807, 2.05) is 37.3 Å². The molecule has 2 aromatic carbocycles. The lowest BCUT2D eigenvalue weighted by Crippen LogP contribution is -2.46. The van der Waals surface area contributed by atoms with Crippen molar-refractivity contribution in [1.29, 1.82) is 0 Å². The smallest absolute Gasteiger partial charge is 0.197 e. The summed E-state index contributed by atoms with van der Waals surface area (Å²) in [4.78, 5) is 2.36. The van der Waals surface area contributed by atoms with E-state index in [0.29, 0.717) is 31.3 Å². The van der Waals surface area contributed by atoms with Gasteiger partial charge in [0.15, 0.2) is 5.79 Å². The van der Waals surface area contributed by atoms with Crippen molar-refractivity contribution in [2.24, 2.45) is 0 Å². The number of hydrogen-bond acceptors (Lipinski definition) is 7. The molecule has 2 aliphatic heterocycles. The number of methoxy groups -OCH3 is 1. The average molecular weight is 492 g/mol. The molecule has 0 saturated carbocycles. The summed E-state index contributed by atoms with van der Waals surface area (Å²) in [7, 11) is 1.56. The quantitative estimate of drug-likeness (QED) is 0.585. The summed E-state index contributed by atoms with van der Waals surface area (Å²) in [6.45, 7) is 5.24. The molecule has 7 nitrogen and oxygen atoms in total. The molecule has 2 N–H and O–H groups in total. The van der Waals surface area contributed by atoms with E-state index in [4.69, 9.17) is 30.5 Å². The molecule has 34 heavy (non-hydrogen) atoms. The summed E-state index contributed by atoms with van der Waals surface area (Å²) in [5, 5.41) is 20.8. The van der Waals surface area contributed by atoms with Crippen molar-refractivity contribution in [3.8, 4) is 5.75 Å². The molecule has 2 saturated heterocycles. The van der Waals surface area contributed by atoms with Crippen molar-refractivity contribution in [3.63, 3.8) is 0 Å². The van der Waals surface area contributed by atoms with Crippen molar-refractivity contribution >= 4 is 11.6 Å². The molecule has 2 heterocycles. The second kappa shape index (κ2) is 11.4.